The second kappa shape index (κ2) is 5.00. The summed E-state index contributed by atoms with van der Waals surface area (Å²) >= 11 is 0. The molecule has 0 aliphatic heterocycles. The number of aliphatic hydroxyl groups excluding tert-OH is 1. The average Bonchev–Trinajstić information content (AvgIpc) is 2.88. The first kappa shape index (κ1) is 13.8. The van der Waals surface area contributed by atoms with Crippen LogP contribution in [-0.2, 0) is 13.5 Å². The molecule has 0 saturated carbocycles. The summed E-state index contributed by atoms with van der Waals surface area (Å²) < 4.78 is 1.70. The molecule has 0 radical (unpaired) electrons. The Morgan fingerprint density at radius 1 is 1.38 bits per heavy atom. The third-order valence-electron chi connectivity index (χ3n) is 4.23. The summed E-state index contributed by atoms with van der Waals surface area (Å²) in [4.78, 5) is 12.5. The lowest BCUT2D eigenvalue weighted by Crippen LogP contribution is -2.34. The molecule has 1 aliphatic rings. The van der Waals surface area contributed by atoms with Crippen LogP contribution in [-0.4, -0.2) is 26.9 Å². The number of aliphatic hydroxyl groups is 1. The predicted octanol–water partition coefficient (Wildman–Crippen LogP) is 1.43. The van der Waals surface area contributed by atoms with E-state index in [0.29, 0.717) is 17.7 Å². The van der Waals surface area contributed by atoms with Gasteiger partial charge >= 0.3 is 0 Å². The Labute approximate surface area is 123 Å². The van der Waals surface area contributed by atoms with Gasteiger partial charge in [0, 0.05) is 19.2 Å². The van der Waals surface area contributed by atoms with E-state index in [2.05, 4.69) is 10.4 Å². The van der Waals surface area contributed by atoms with Crippen LogP contribution in [0.1, 0.15) is 38.9 Å². The summed E-state index contributed by atoms with van der Waals surface area (Å²) in [7, 11) is 1.82. The quantitative estimate of drug-likeness (QED) is 0.877. The van der Waals surface area contributed by atoms with Gasteiger partial charge in [-0.2, -0.15) is 5.10 Å². The molecule has 1 aromatic heterocycles. The van der Waals surface area contributed by atoms with Crippen molar-refractivity contribution in [2.24, 2.45) is 7.05 Å². The van der Waals surface area contributed by atoms with Crippen LogP contribution in [0.5, 0.6) is 0 Å². The van der Waals surface area contributed by atoms with Gasteiger partial charge in [0.05, 0.1) is 23.4 Å². The number of rotatable bonds is 2. The molecule has 5 nitrogen and oxygen atoms in total. The highest BCUT2D eigenvalue weighted by Crippen LogP contribution is 2.31. The zero-order valence-corrected chi connectivity index (χ0v) is 12.4. The number of carbonyl (C=O) groups excluding carboxylic acids is 1. The zero-order valence-electron chi connectivity index (χ0n) is 12.4. The van der Waals surface area contributed by atoms with Crippen molar-refractivity contribution in [1.29, 1.82) is 0 Å². The summed E-state index contributed by atoms with van der Waals surface area (Å²) in [6, 6.07) is 7.47. The highest BCUT2D eigenvalue weighted by atomic mass is 16.3. The molecular weight excluding hydrogens is 266 g/mol. The second-order valence-corrected chi connectivity index (χ2v) is 5.59. The van der Waals surface area contributed by atoms with Gasteiger partial charge in [-0.1, -0.05) is 24.3 Å². The summed E-state index contributed by atoms with van der Waals surface area (Å²) in [5, 5.41) is 17.4. The van der Waals surface area contributed by atoms with Gasteiger partial charge in [-0.25, -0.2) is 0 Å². The van der Waals surface area contributed by atoms with Crippen molar-refractivity contribution >= 4 is 5.91 Å². The molecule has 2 aromatic rings. The van der Waals surface area contributed by atoms with Gasteiger partial charge in [-0.3, -0.25) is 9.48 Å². The molecule has 2 atom stereocenters. The first-order valence-corrected chi connectivity index (χ1v) is 7.06. The first-order valence-electron chi connectivity index (χ1n) is 7.06. The minimum atomic E-state index is -0.580. The fourth-order valence-electron chi connectivity index (χ4n) is 3.06. The topological polar surface area (TPSA) is 67.2 Å². The van der Waals surface area contributed by atoms with Crippen molar-refractivity contribution in [2.45, 2.75) is 32.4 Å². The van der Waals surface area contributed by atoms with Gasteiger partial charge in [-0.05, 0) is 25.0 Å². The average molecular weight is 285 g/mol. The number of hydrogen-bond donors (Lipinski definition) is 2. The molecule has 1 aliphatic carbocycles. The molecule has 110 valence electrons. The SMILES string of the molecule is Cc1nn(C)c(C)c1C(=O)N[C@@H]1c2ccccc2C[C@@H]1O. The number of fused-ring (bicyclic) bond motifs is 1. The fraction of sp³-hybridized carbons (Fsp3) is 0.375. The minimum Gasteiger partial charge on any atom is -0.390 e. The van der Waals surface area contributed by atoms with Crippen LogP contribution in [0.3, 0.4) is 0 Å². The van der Waals surface area contributed by atoms with Gasteiger partial charge in [0.1, 0.15) is 0 Å². The first-order chi connectivity index (χ1) is 9.99. The van der Waals surface area contributed by atoms with Crippen LogP contribution in [0.15, 0.2) is 24.3 Å². The van der Waals surface area contributed by atoms with Crippen molar-refractivity contribution in [3.63, 3.8) is 0 Å². The third-order valence-corrected chi connectivity index (χ3v) is 4.23. The van der Waals surface area contributed by atoms with E-state index in [4.69, 9.17) is 0 Å². The lowest BCUT2D eigenvalue weighted by atomic mass is 10.1. The van der Waals surface area contributed by atoms with E-state index in [1.165, 1.54) is 0 Å². The highest BCUT2D eigenvalue weighted by Gasteiger charge is 2.33. The predicted molar refractivity (Wildman–Crippen MR) is 79.0 cm³/mol. The standard InChI is InChI=1S/C16H19N3O2/c1-9-14(10(2)19(3)18-9)16(21)17-15-12-7-5-4-6-11(12)8-13(15)20/h4-7,13,15,20H,8H2,1-3H3,(H,17,21)/t13-,15+/m0/s1. The fourth-order valence-corrected chi connectivity index (χ4v) is 3.06. The molecule has 0 saturated heterocycles. The van der Waals surface area contributed by atoms with E-state index in [0.717, 1.165) is 16.8 Å². The number of aryl methyl sites for hydroxylation is 2. The van der Waals surface area contributed by atoms with E-state index >= 15 is 0 Å². The molecule has 0 spiro atoms. The Morgan fingerprint density at radius 2 is 2.10 bits per heavy atom. The molecule has 0 unspecified atom stereocenters. The van der Waals surface area contributed by atoms with Crippen molar-refractivity contribution in [2.75, 3.05) is 0 Å². The number of amides is 1. The number of nitrogens with zero attached hydrogens (tertiary/aromatic N) is 2. The van der Waals surface area contributed by atoms with E-state index < -0.39 is 6.10 Å². The Hall–Kier alpha value is -2.14. The van der Waals surface area contributed by atoms with Crippen LogP contribution >= 0.6 is 0 Å². The Balaban J connectivity index is 1.89. The Kier molecular flexibility index (Phi) is 3.29. The Morgan fingerprint density at radius 3 is 2.76 bits per heavy atom. The molecule has 0 bridgehead atoms. The Bertz CT molecular complexity index is 706. The van der Waals surface area contributed by atoms with E-state index in [-0.39, 0.29) is 11.9 Å². The maximum atomic E-state index is 12.5. The smallest absolute Gasteiger partial charge is 0.255 e. The van der Waals surface area contributed by atoms with Gasteiger partial charge in [-0.15, -0.1) is 0 Å². The molecule has 2 N–H and O–H groups in total. The van der Waals surface area contributed by atoms with E-state index in [1.807, 2.05) is 45.2 Å². The normalized spacial score (nSPS) is 20.4. The number of aromatic nitrogens is 2. The van der Waals surface area contributed by atoms with Gasteiger partial charge in [0.2, 0.25) is 0 Å². The van der Waals surface area contributed by atoms with Crippen molar-refractivity contribution in [1.82, 2.24) is 15.1 Å². The molecule has 0 fully saturated rings. The summed E-state index contributed by atoms with van der Waals surface area (Å²) in [5.41, 5.74) is 4.21. The minimum absolute atomic E-state index is 0.182. The number of hydrogen-bond acceptors (Lipinski definition) is 3. The second-order valence-electron chi connectivity index (χ2n) is 5.59. The van der Waals surface area contributed by atoms with Crippen LogP contribution in [0, 0.1) is 13.8 Å². The number of nitrogens with one attached hydrogen (secondary N) is 1. The van der Waals surface area contributed by atoms with Crippen molar-refractivity contribution < 1.29 is 9.90 Å². The lowest BCUT2D eigenvalue weighted by Gasteiger charge is -2.18. The molecule has 1 heterocycles. The summed E-state index contributed by atoms with van der Waals surface area (Å²) in [5.74, 6) is -0.182. The molecular formula is C16H19N3O2. The van der Waals surface area contributed by atoms with E-state index in [1.54, 1.807) is 4.68 Å². The van der Waals surface area contributed by atoms with Gasteiger partial charge < -0.3 is 10.4 Å². The van der Waals surface area contributed by atoms with Crippen molar-refractivity contribution in [3.8, 4) is 0 Å². The van der Waals surface area contributed by atoms with Gasteiger partial charge in [0.15, 0.2) is 0 Å². The monoisotopic (exact) mass is 285 g/mol. The molecule has 1 amide bonds. The van der Waals surface area contributed by atoms with Gasteiger partial charge in [0.25, 0.3) is 5.91 Å². The third kappa shape index (κ3) is 2.23. The van der Waals surface area contributed by atoms with E-state index in [9.17, 15) is 9.90 Å². The maximum Gasteiger partial charge on any atom is 0.255 e. The number of carbonyl (C=O) groups is 1. The van der Waals surface area contributed by atoms with Crippen LogP contribution in [0.25, 0.3) is 0 Å². The van der Waals surface area contributed by atoms with Crippen LogP contribution in [0.4, 0.5) is 0 Å². The largest absolute Gasteiger partial charge is 0.390 e. The number of benzene rings is 1. The molecule has 5 heteroatoms. The molecule has 3 rings (SSSR count). The maximum absolute atomic E-state index is 12.5. The highest BCUT2D eigenvalue weighted by molar-refractivity contribution is 5.96. The summed E-state index contributed by atoms with van der Waals surface area (Å²) in [6.07, 6.45) is -0.00445. The molecule has 1 aromatic carbocycles. The van der Waals surface area contributed by atoms with Crippen molar-refractivity contribution in [3.05, 3.63) is 52.3 Å². The van der Waals surface area contributed by atoms with Crippen LogP contribution in [0.2, 0.25) is 0 Å². The lowest BCUT2D eigenvalue weighted by molar-refractivity contribution is 0.0857. The van der Waals surface area contributed by atoms with Crippen LogP contribution < -0.4 is 5.32 Å². The molecule has 21 heavy (non-hydrogen) atoms. The summed E-state index contributed by atoms with van der Waals surface area (Å²) in [6.45, 7) is 3.69. The zero-order chi connectivity index (χ0) is 15.1.